The molecule has 0 aromatic carbocycles. The van der Waals surface area contributed by atoms with Gasteiger partial charge in [0.15, 0.2) is 5.13 Å². The summed E-state index contributed by atoms with van der Waals surface area (Å²) in [5.41, 5.74) is 6.83. The average Bonchev–Trinajstić information content (AvgIpc) is 3.24. The van der Waals surface area contributed by atoms with Crippen molar-refractivity contribution in [2.75, 3.05) is 12.3 Å². The summed E-state index contributed by atoms with van der Waals surface area (Å²) in [6.45, 7) is 3.08. The number of hydrogen-bond donors (Lipinski definition) is 1. The lowest BCUT2D eigenvalue weighted by Crippen LogP contribution is -2.35. The summed E-state index contributed by atoms with van der Waals surface area (Å²) in [5, 5.41) is 2.62. The summed E-state index contributed by atoms with van der Waals surface area (Å²) in [7, 11) is 0. The third kappa shape index (κ3) is 3.17. The monoisotopic (exact) mass is 335 g/mol. The van der Waals surface area contributed by atoms with Crippen molar-refractivity contribution in [3.8, 4) is 10.6 Å². The van der Waals surface area contributed by atoms with Gasteiger partial charge in [-0.2, -0.15) is 0 Å². The summed E-state index contributed by atoms with van der Waals surface area (Å²) in [5.74, 6) is 0.272. The fourth-order valence-corrected chi connectivity index (χ4v) is 4.75. The molecule has 3 rings (SSSR count). The fourth-order valence-electron chi connectivity index (χ4n) is 3.10. The lowest BCUT2D eigenvalue weighted by molar-refractivity contribution is -0.132. The van der Waals surface area contributed by atoms with Crippen molar-refractivity contribution >= 4 is 33.7 Å². The molecule has 22 heavy (non-hydrogen) atoms. The number of likely N-dealkylation sites (tertiary alicyclic amines) is 1. The number of nitrogen functional groups attached to an aromatic ring is 1. The van der Waals surface area contributed by atoms with Crippen LogP contribution in [0.1, 0.15) is 37.5 Å². The van der Waals surface area contributed by atoms with E-state index < -0.39 is 0 Å². The predicted octanol–water partition coefficient (Wildman–Crippen LogP) is 3.79. The van der Waals surface area contributed by atoms with Crippen molar-refractivity contribution in [3.63, 3.8) is 0 Å². The highest BCUT2D eigenvalue weighted by Gasteiger charge is 2.27. The zero-order valence-electron chi connectivity index (χ0n) is 12.7. The van der Waals surface area contributed by atoms with Crippen molar-refractivity contribution in [2.24, 2.45) is 0 Å². The summed E-state index contributed by atoms with van der Waals surface area (Å²) < 4.78 is 0. The quantitative estimate of drug-likeness (QED) is 0.904. The van der Waals surface area contributed by atoms with Crippen molar-refractivity contribution < 1.29 is 4.79 Å². The van der Waals surface area contributed by atoms with Gasteiger partial charge in [0.1, 0.15) is 0 Å². The van der Waals surface area contributed by atoms with Gasteiger partial charge in [0.05, 0.1) is 10.6 Å². The van der Waals surface area contributed by atoms with E-state index in [0.29, 0.717) is 17.6 Å². The number of anilines is 1. The van der Waals surface area contributed by atoms with E-state index in [1.54, 1.807) is 11.3 Å². The predicted molar refractivity (Wildman–Crippen MR) is 93.2 cm³/mol. The number of nitrogens with two attached hydrogens (primary N) is 1. The van der Waals surface area contributed by atoms with Gasteiger partial charge in [-0.15, -0.1) is 22.7 Å². The molecule has 1 saturated heterocycles. The Labute approximate surface area is 139 Å². The Morgan fingerprint density at radius 2 is 2.41 bits per heavy atom. The number of amides is 1. The van der Waals surface area contributed by atoms with Gasteiger partial charge in [0.2, 0.25) is 5.91 Å². The topological polar surface area (TPSA) is 59.2 Å². The molecule has 0 bridgehead atoms. The molecular formula is C16H21N3OS2. The number of aryl methyl sites for hydroxylation is 1. The standard InChI is InChI=1S/C16H21N3OS2/c1-2-11-5-3-9-19(11)14(20)8-7-13-15(18-16(17)22-13)12-6-4-10-21-12/h4,6,10-11H,2-3,5,7-9H2,1H3,(H2,17,18). The Bertz CT molecular complexity index is 636. The summed E-state index contributed by atoms with van der Waals surface area (Å²) >= 11 is 3.17. The first-order chi connectivity index (χ1) is 10.7. The minimum atomic E-state index is 0.272. The van der Waals surface area contributed by atoms with E-state index in [1.807, 2.05) is 11.4 Å². The molecule has 3 heterocycles. The third-order valence-electron chi connectivity index (χ3n) is 4.20. The van der Waals surface area contributed by atoms with Crippen LogP contribution in [0.3, 0.4) is 0 Å². The molecule has 2 aromatic rings. The van der Waals surface area contributed by atoms with Crippen LogP contribution in [-0.2, 0) is 11.2 Å². The fraction of sp³-hybridized carbons (Fsp3) is 0.500. The zero-order chi connectivity index (χ0) is 15.5. The maximum atomic E-state index is 12.5. The Morgan fingerprint density at radius 1 is 1.55 bits per heavy atom. The van der Waals surface area contributed by atoms with Crippen LogP contribution in [-0.4, -0.2) is 28.4 Å². The molecule has 118 valence electrons. The van der Waals surface area contributed by atoms with Crippen LogP contribution in [0.25, 0.3) is 10.6 Å². The van der Waals surface area contributed by atoms with Gasteiger partial charge >= 0.3 is 0 Å². The normalized spacial score (nSPS) is 18.0. The molecule has 2 N–H and O–H groups in total. The number of aromatic nitrogens is 1. The highest BCUT2D eigenvalue weighted by molar-refractivity contribution is 7.17. The van der Waals surface area contributed by atoms with Gasteiger partial charge in [-0.05, 0) is 37.1 Å². The second-order valence-corrected chi connectivity index (χ2v) is 7.66. The van der Waals surface area contributed by atoms with E-state index in [0.717, 1.165) is 47.7 Å². The molecule has 0 aliphatic carbocycles. The van der Waals surface area contributed by atoms with E-state index in [4.69, 9.17) is 5.73 Å². The molecule has 1 aliphatic heterocycles. The number of carbonyl (C=O) groups excluding carboxylic acids is 1. The van der Waals surface area contributed by atoms with Crippen LogP contribution in [0.4, 0.5) is 5.13 Å². The number of carbonyl (C=O) groups is 1. The number of rotatable bonds is 5. The van der Waals surface area contributed by atoms with Crippen molar-refractivity contribution in [3.05, 3.63) is 22.4 Å². The van der Waals surface area contributed by atoms with Gasteiger partial charge in [0.25, 0.3) is 0 Å². The molecular weight excluding hydrogens is 314 g/mol. The van der Waals surface area contributed by atoms with Gasteiger partial charge in [-0.3, -0.25) is 4.79 Å². The molecule has 0 radical (unpaired) electrons. The summed E-state index contributed by atoms with van der Waals surface area (Å²) in [6.07, 6.45) is 4.62. The van der Waals surface area contributed by atoms with Gasteiger partial charge in [0, 0.05) is 23.9 Å². The molecule has 1 atom stereocenters. The highest BCUT2D eigenvalue weighted by Crippen LogP contribution is 2.33. The smallest absolute Gasteiger partial charge is 0.223 e. The Hall–Kier alpha value is -1.40. The first kappa shape index (κ1) is 15.5. The first-order valence-corrected chi connectivity index (χ1v) is 9.47. The first-order valence-electron chi connectivity index (χ1n) is 7.77. The van der Waals surface area contributed by atoms with Gasteiger partial charge in [-0.25, -0.2) is 4.98 Å². The van der Waals surface area contributed by atoms with Crippen LogP contribution < -0.4 is 5.73 Å². The van der Waals surface area contributed by atoms with Crippen molar-refractivity contribution in [2.45, 2.75) is 45.1 Å². The van der Waals surface area contributed by atoms with Crippen molar-refractivity contribution in [1.29, 1.82) is 0 Å². The number of nitrogens with zero attached hydrogens (tertiary/aromatic N) is 2. The van der Waals surface area contributed by atoms with Crippen molar-refractivity contribution in [1.82, 2.24) is 9.88 Å². The minimum absolute atomic E-state index is 0.272. The summed E-state index contributed by atoms with van der Waals surface area (Å²) in [6, 6.07) is 4.51. The second-order valence-electron chi connectivity index (χ2n) is 5.59. The molecule has 1 unspecified atom stereocenters. The number of thiophene rings is 1. The van der Waals surface area contributed by atoms with E-state index in [9.17, 15) is 4.79 Å². The molecule has 6 heteroatoms. The second kappa shape index (κ2) is 6.79. The molecule has 2 aromatic heterocycles. The van der Waals surface area contributed by atoms with Crippen LogP contribution >= 0.6 is 22.7 Å². The Morgan fingerprint density at radius 3 is 3.14 bits per heavy atom. The number of thiazole rings is 1. The van der Waals surface area contributed by atoms with E-state index >= 15 is 0 Å². The third-order valence-corrected chi connectivity index (χ3v) is 6.02. The van der Waals surface area contributed by atoms with Gasteiger partial charge < -0.3 is 10.6 Å². The largest absolute Gasteiger partial charge is 0.375 e. The minimum Gasteiger partial charge on any atom is -0.375 e. The maximum Gasteiger partial charge on any atom is 0.223 e. The SMILES string of the molecule is CCC1CCCN1C(=O)CCc1sc(N)nc1-c1cccs1. The van der Waals surface area contributed by atoms with Crippen LogP contribution in [0.2, 0.25) is 0 Å². The zero-order valence-corrected chi connectivity index (χ0v) is 14.4. The van der Waals surface area contributed by atoms with Crippen LogP contribution in [0.5, 0.6) is 0 Å². The molecule has 1 fully saturated rings. The lowest BCUT2D eigenvalue weighted by Gasteiger charge is -2.23. The molecule has 0 spiro atoms. The molecule has 1 amide bonds. The number of hydrogen-bond acceptors (Lipinski definition) is 5. The van der Waals surface area contributed by atoms with E-state index in [1.165, 1.54) is 11.3 Å². The molecule has 1 aliphatic rings. The Kier molecular flexibility index (Phi) is 4.78. The summed E-state index contributed by atoms with van der Waals surface area (Å²) in [4.78, 5) is 21.2. The highest BCUT2D eigenvalue weighted by atomic mass is 32.1. The van der Waals surface area contributed by atoms with E-state index in [2.05, 4.69) is 22.9 Å². The average molecular weight is 335 g/mol. The van der Waals surface area contributed by atoms with Crippen LogP contribution in [0, 0.1) is 0 Å². The lowest BCUT2D eigenvalue weighted by atomic mass is 10.1. The maximum absolute atomic E-state index is 12.5. The van der Waals surface area contributed by atoms with Crippen LogP contribution in [0.15, 0.2) is 17.5 Å². The molecule has 0 saturated carbocycles. The Balaban J connectivity index is 1.68. The molecule has 4 nitrogen and oxygen atoms in total. The van der Waals surface area contributed by atoms with Gasteiger partial charge in [-0.1, -0.05) is 13.0 Å². The van der Waals surface area contributed by atoms with E-state index in [-0.39, 0.29) is 5.91 Å².